The number of aliphatic hydroxyl groups is 1. The van der Waals surface area contributed by atoms with Gasteiger partial charge >= 0.3 is 0 Å². The molecule has 1 aliphatic carbocycles. The van der Waals surface area contributed by atoms with Gasteiger partial charge in [-0.3, -0.25) is 4.79 Å². The van der Waals surface area contributed by atoms with Gasteiger partial charge < -0.3 is 25.2 Å². The molecule has 0 heterocycles. The molecular formula is C27H35FN2O4. The molecule has 0 aliphatic heterocycles. The van der Waals surface area contributed by atoms with Crippen LogP contribution in [0, 0.1) is 5.82 Å². The van der Waals surface area contributed by atoms with E-state index in [2.05, 4.69) is 10.6 Å². The Balaban J connectivity index is 1.88. The van der Waals surface area contributed by atoms with Crippen LogP contribution in [-0.2, 0) is 4.79 Å². The average molecular weight is 471 g/mol. The van der Waals surface area contributed by atoms with Crippen LogP contribution in [0.15, 0.2) is 36.4 Å². The van der Waals surface area contributed by atoms with Crippen LogP contribution in [0.5, 0.6) is 11.5 Å². The molecule has 3 rings (SSSR count). The van der Waals surface area contributed by atoms with E-state index < -0.39 is 0 Å². The standard InChI is InChI=1S/C27H35FN2O4/c1-16(2)29-19-8-11-21(24(28)13-19)23-15-25(33-4)22(14-26(23)34-5)17(3)12-27(32)30-18-6-9-20(31)10-7-18/h8,11-16,18,20,29,31H,6-7,9-10H2,1-5H3,(H,30,32). The minimum absolute atomic E-state index is 0.0647. The van der Waals surface area contributed by atoms with E-state index in [1.54, 1.807) is 25.3 Å². The molecule has 0 atom stereocenters. The quantitative estimate of drug-likeness (QED) is 0.465. The highest BCUT2D eigenvalue weighted by atomic mass is 19.1. The third kappa shape index (κ3) is 6.29. The van der Waals surface area contributed by atoms with Crippen LogP contribution in [0.1, 0.15) is 52.0 Å². The third-order valence-corrected chi connectivity index (χ3v) is 6.05. The zero-order chi connectivity index (χ0) is 24.8. The van der Waals surface area contributed by atoms with Crippen molar-refractivity contribution in [1.82, 2.24) is 5.32 Å². The molecule has 2 aromatic carbocycles. The van der Waals surface area contributed by atoms with Crippen molar-refractivity contribution in [2.24, 2.45) is 0 Å². The maximum atomic E-state index is 15.0. The number of aliphatic hydroxyl groups excluding tert-OH is 1. The van der Waals surface area contributed by atoms with Crippen molar-refractivity contribution >= 4 is 17.2 Å². The van der Waals surface area contributed by atoms with E-state index in [0.717, 1.165) is 12.8 Å². The summed E-state index contributed by atoms with van der Waals surface area (Å²) in [6.45, 7) is 5.82. The lowest BCUT2D eigenvalue weighted by molar-refractivity contribution is -0.117. The van der Waals surface area contributed by atoms with Gasteiger partial charge in [-0.1, -0.05) is 0 Å². The molecular weight excluding hydrogens is 435 g/mol. The first kappa shape index (κ1) is 25.6. The number of hydrogen-bond acceptors (Lipinski definition) is 5. The third-order valence-electron chi connectivity index (χ3n) is 6.05. The van der Waals surface area contributed by atoms with Gasteiger partial charge in [0.15, 0.2) is 0 Å². The summed E-state index contributed by atoms with van der Waals surface area (Å²) in [5, 5.41) is 15.9. The first-order valence-electron chi connectivity index (χ1n) is 11.7. The number of nitrogens with one attached hydrogen (secondary N) is 2. The second kappa shape index (κ2) is 11.4. The first-order valence-corrected chi connectivity index (χ1v) is 11.7. The molecule has 6 nitrogen and oxygen atoms in total. The molecule has 0 spiro atoms. The topological polar surface area (TPSA) is 79.8 Å². The molecule has 1 amide bonds. The van der Waals surface area contributed by atoms with Gasteiger partial charge in [-0.25, -0.2) is 4.39 Å². The van der Waals surface area contributed by atoms with E-state index in [4.69, 9.17) is 9.47 Å². The number of anilines is 1. The highest BCUT2D eigenvalue weighted by molar-refractivity contribution is 5.96. The Hall–Kier alpha value is -3.06. The predicted molar refractivity (Wildman–Crippen MR) is 134 cm³/mol. The van der Waals surface area contributed by atoms with Crippen LogP contribution in [-0.4, -0.2) is 43.4 Å². The van der Waals surface area contributed by atoms with Crippen molar-refractivity contribution in [3.05, 3.63) is 47.8 Å². The number of carbonyl (C=O) groups excluding carboxylic acids is 1. The highest BCUT2D eigenvalue weighted by Crippen LogP contribution is 2.40. The molecule has 1 aliphatic rings. The van der Waals surface area contributed by atoms with E-state index in [9.17, 15) is 14.3 Å². The van der Waals surface area contributed by atoms with Gasteiger partial charge in [0.25, 0.3) is 0 Å². The lowest BCUT2D eigenvalue weighted by Crippen LogP contribution is -2.37. The van der Waals surface area contributed by atoms with Gasteiger partial charge in [-0.2, -0.15) is 0 Å². The molecule has 0 unspecified atom stereocenters. The molecule has 184 valence electrons. The second-order valence-electron chi connectivity index (χ2n) is 9.09. The summed E-state index contributed by atoms with van der Waals surface area (Å²) in [5.41, 5.74) is 3.06. The summed E-state index contributed by atoms with van der Waals surface area (Å²) in [6.07, 6.45) is 4.20. The Labute approximate surface area is 201 Å². The largest absolute Gasteiger partial charge is 0.496 e. The number of benzene rings is 2. The Morgan fingerprint density at radius 1 is 1.06 bits per heavy atom. The van der Waals surface area contributed by atoms with Gasteiger partial charge in [0.1, 0.15) is 17.3 Å². The number of methoxy groups -OCH3 is 2. The van der Waals surface area contributed by atoms with E-state index in [0.29, 0.717) is 52.3 Å². The molecule has 0 bridgehead atoms. The highest BCUT2D eigenvalue weighted by Gasteiger charge is 2.21. The molecule has 0 saturated heterocycles. The van der Waals surface area contributed by atoms with E-state index in [1.807, 2.05) is 26.8 Å². The first-order chi connectivity index (χ1) is 16.2. The van der Waals surface area contributed by atoms with Crippen LogP contribution in [0.4, 0.5) is 10.1 Å². The minimum Gasteiger partial charge on any atom is -0.496 e. The Morgan fingerprint density at radius 3 is 2.32 bits per heavy atom. The zero-order valence-electron chi connectivity index (χ0n) is 20.6. The number of halogens is 1. The molecule has 0 radical (unpaired) electrons. The van der Waals surface area contributed by atoms with Crippen LogP contribution >= 0.6 is 0 Å². The molecule has 34 heavy (non-hydrogen) atoms. The molecule has 3 N–H and O–H groups in total. The summed E-state index contributed by atoms with van der Waals surface area (Å²) < 4.78 is 26.2. The normalized spacial score (nSPS) is 18.5. The number of rotatable bonds is 8. The van der Waals surface area contributed by atoms with Crippen LogP contribution < -0.4 is 20.1 Å². The van der Waals surface area contributed by atoms with E-state index in [-0.39, 0.29) is 29.9 Å². The van der Waals surface area contributed by atoms with Crippen molar-refractivity contribution in [1.29, 1.82) is 0 Å². The van der Waals surface area contributed by atoms with Crippen molar-refractivity contribution in [3.63, 3.8) is 0 Å². The number of hydrogen-bond donors (Lipinski definition) is 3. The minimum atomic E-state index is -0.372. The van der Waals surface area contributed by atoms with Gasteiger partial charge in [0.2, 0.25) is 5.91 Å². The Bertz CT molecular complexity index is 1040. The van der Waals surface area contributed by atoms with Crippen molar-refractivity contribution in [2.45, 2.75) is 64.6 Å². The molecule has 2 aromatic rings. The fourth-order valence-corrected chi connectivity index (χ4v) is 4.31. The second-order valence-corrected chi connectivity index (χ2v) is 9.09. The summed E-state index contributed by atoms with van der Waals surface area (Å²) in [4.78, 5) is 12.6. The predicted octanol–water partition coefficient (Wildman–Crippen LogP) is 5.15. The van der Waals surface area contributed by atoms with Gasteiger partial charge in [0.05, 0.1) is 20.3 Å². The van der Waals surface area contributed by atoms with Gasteiger partial charge in [0, 0.05) is 40.5 Å². The van der Waals surface area contributed by atoms with Crippen LogP contribution in [0.25, 0.3) is 16.7 Å². The fourth-order valence-electron chi connectivity index (χ4n) is 4.31. The molecule has 0 aromatic heterocycles. The molecule has 7 heteroatoms. The summed E-state index contributed by atoms with van der Waals surface area (Å²) in [7, 11) is 3.08. The van der Waals surface area contributed by atoms with Crippen molar-refractivity contribution in [3.8, 4) is 22.6 Å². The lowest BCUT2D eigenvalue weighted by atomic mass is 9.93. The number of carbonyl (C=O) groups is 1. The van der Waals surface area contributed by atoms with Crippen LogP contribution in [0.2, 0.25) is 0 Å². The number of amides is 1. The Kier molecular flexibility index (Phi) is 8.56. The summed E-state index contributed by atoms with van der Waals surface area (Å²) >= 11 is 0. The maximum Gasteiger partial charge on any atom is 0.244 e. The van der Waals surface area contributed by atoms with E-state index in [1.165, 1.54) is 19.3 Å². The molecule has 1 saturated carbocycles. The SMILES string of the molecule is COc1cc(-c2ccc(NC(C)C)cc2F)c(OC)cc1C(C)=CC(=O)NC1CCC(O)CC1. The molecule has 1 fully saturated rings. The lowest BCUT2D eigenvalue weighted by Gasteiger charge is -2.25. The van der Waals surface area contributed by atoms with Gasteiger partial charge in [-0.15, -0.1) is 0 Å². The zero-order valence-corrected chi connectivity index (χ0v) is 20.6. The van der Waals surface area contributed by atoms with E-state index >= 15 is 0 Å². The summed E-state index contributed by atoms with van der Waals surface area (Å²) in [6, 6.07) is 8.77. The number of allylic oxidation sites excluding steroid dienone is 1. The van der Waals surface area contributed by atoms with Crippen LogP contribution in [0.3, 0.4) is 0 Å². The maximum absolute atomic E-state index is 15.0. The fraction of sp³-hybridized carbons (Fsp3) is 0.444. The summed E-state index contributed by atoms with van der Waals surface area (Å²) in [5.74, 6) is 0.432. The number of ether oxygens (including phenoxy) is 2. The smallest absolute Gasteiger partial charge is 0.244 e. The van der Waals surface area contributed by atoms with Crippen molar-refractivity contribution in [2.75, 3.05) is 19.5 Å². The Morgan fingerprint density at radius 2 is 1.74 bits per heavy atom. The average Bonchev–Trinajstić information content (AvgIpc) is 2.79. The van der Waals surface area contributed by atoms with Gasteiger partial charge in [-0.05, 0) is 82.4 Å². The monoisotopic (exact) mass is 470 g/mol. The van der Waals surface area contributed by atoms with Crippen molar-refractivity contribution < 1.29 is 23.8 Å².